The van der Waals surface area contributed by atoms with E-state index in [2.05, 4.69) is 61.0 Å². The van der Waals surface area contributed by atoms with Crippen LogP contribution in [0.15, 0.2) is 42.5 Å². The topological polar surface area (TPSA) is 55.8 Å². The van der Waals surface area contributed by atoms with Crippen molar-refractivity contribution < 1.29 is 9.90 Å². The van der Waals surface area contributed by atoms with E-state index in [4.69, 9.17) is 0 Å². The predicted octanol–water partition coefficient (Wildman–Crippen LogP) is 4.40. The van der Waals surface area contributed by atoms with Crippen molar-refractivity contribution in [1.82, 2.24) is 4.90 Å². The van der Waals surface area contributed by atoms with Gasteiger partial charge in [-0.2, -0.15) is 0 Å². The summed E-state index contributed by atoms with van der Waals surface area (Å²) in [6, 6.07) is 13.7. The first-order chi connectivity index (χ1) is 13.9. The molecule has 1 fully saturated rings. The quantitative estimate of drug-likeness (QED) is 0.761. The number of para-hydroxylation sites is 3. The number of nitrogens with one attached hydrogen (secondary N) is 1. The van der Waals surface area contributed by atoms with Crippen molar-refractivity contribution in [3.63, 3.8) is 0 Å². The number of carbonyl (C=O) groups is 1. The van der Waals surface area contributed by atoms with E-state index < -0.39 is 0 Å². The summed E-state index contributed by atoms with van der Waals surface area (Å²) in [5, 5.41) is 13.3. The molecular formula is C24H33N3O2. The number of phenolic OH excluding ortho intramolecular Hbond substituents is 1. The van der Waals surface area contributed by atoms with Crippen molar-refractivity contribution in [1.29, 1.82) is 0 Å². The Morgan fingerprint density at radius 3 is 2.07 bits per heavy atom. The molecule has 1 amide bonds. The number of piperazine rings is 1. The lowest BCUT2D eigenvalue weighted by molar-refractivity contribution is -0.117. The van der Waals surface area contributed by atoms with Crippen molar-refractivity contribution in [2.24, 2.45) is 0 Å². The van der Waals surface area contributed by atoms with Gasteiger partial charge in [-0.15, -0.1) is 0 Å². The van der Waals surface area contributed by atoms with E-state index in [0.717, 1.165) is 37.6 Å². The number of carbonyl (C=O) groups excluding carboxylic acids is 1. The van der Waals surface area contributed by atoms with Crippen molar-refractivity contribution in [2.45, 2.75) is 39.5 Å². The molecule has 0 spiro atoms. The van der Waals surface area contributed by atoms with Crippen LogP contribution < -0.4 is 10.2 Å². The maximum Gasteiger partial charge on any atom is 0.238 e. The summed E-state index contributed by atoms with van der Waals surface area (Å²) in [4.78, 5) is 17.2. The second-order valence-electron chi connectivity index (χ2n) is 8.42. The van der Waals surface area contributed by atoms with Crippen LogP contribution in [0.4, 0.5) is 11.4 Å². The number of anilines is 2. The number of hydrogen-bond donors (Lipinski definition) is 2. The van der Waals surface area contributed by atoms with Crippen LogP contribution in [0.5, 0.6) is 5.75 Å². The van der Waals surface area contributed by atoms with Gasteiger partial charge < -0.3 is 15.3 Å². The van der Waals surface area contributed by atoms with Gasteiger partial charge in [0.15, 0.2) is 0 Å². The molecule has 1 aliphatic heterocycles. The van der Waals surface area contributed by atoms with Gasteiger partial charge in [0.1, 0.15) is 5.75 Å². The Kier molecular flexibility index (Phi) is 6.80. The van der Waals surface area contributed by atoms with Gasteiger partial charge in [-0.25, -0.2) is 0 Å². The number of benzene rings is 2. The van der Waals surface area contributed by atoms with Crippen LogP contribution in [0, 0.1) is 0 Å². The van der Waals surface area contributed by atoms with E-state index in [1.54, 1.807) is 6.07 Å². The standard InChI is InChI=1S/C24H33N3O2/c1-17(2)19-8-7-9-20(18(3)4)24(19)25-23(29)16-26-12-14-27(15-13-26)21-10-5-6-11-22(21)28/h5-11,17-18,28H,12-16H2,1-4H3,(H,25,29). The monoisotopic (exact) mass is 395 g/mol. The van der Waals surface area contributed by atoms with Gasteiger partial charge in [0.25, 0.3) is 0 Å². The highest BCUT2D eigenvalue weighted by Gasteiger charge is 2.22. The average Bonchev–Trinajstić information content (AvgIpc) is 2.69. The van der Waals surface area contributed by atoms with Gasteiger partial charge in [0.2, 0.25) is 5.91 Å². The third kappa shape index (κ3) is 5.10. The van der Waals surface area contributed by atoms with Crippen LogP contribution in [0.3, 0.4) is 0 Å². The van der Waals surface area contributed by atoms with E-state index in [0.29, 0.717) is 24.1 Å². The Bertz CT molecular complexity index is 814. The van der Waals surface area contributed by atoms with Crippen molar-refractivity contribution in [2.75, 3.05) is 42.9 Å². The molecule has 156 valence electrons. The van der Waals surface area contributed by atoms with Crippen molar-refractivity contribution in [3.05, 3.63) is 53.6 Å². The van der Waals surface area contributed by atoms with E-state index in [1.165, 1.54) is 11.1 Å². The molecule has 0 unspecified atom stereocenters. The van der Waals surface area contributed by atoms with Gasteiger partial charge >= 0.3 is 0 Å². The number of hydrogen-bond acceptors (Lipinski definition) is 4. The van der Waals surface area contributed by atoms with E-state index in [1.807, 2.05) is 18.2 Å². The molecule has 0 atom stereocenters. The third-order valence-corrected chi connectivity index (χ3v) is 5.60. The van der Waals surface area contributed by atoms with Gasteiger partial charge in [0.05, 0.1) is 12.2 Å². The SMILES string of the molecule is CC(C)c1cccc(C(C)C)c1NC(=O)CN1CCN(c2ccccc2O)CC1. The lowest BCUT2D eigenvalue weighted by Gasteiger charge is -2.36. The second-order valence-corrected chi connectivity index (χ2v) is 8.42. The lowest BCUT2D eigenvalue weighted by Crippen LogP contribution is -2.48. The smallest absolute Gasteiger partial charge is 0.238 e. The highest BCUT2D eigenvalue weighted by molar-refractivity contribution is 5.94. The maximum absolute atomic E-state index is 12.8. The molecular weight excluding hydrogens is 362 g/mol. The summed E-state index contributed by atoms with van der Waals surface area (Å²) in [5.74, 6) is 1.05. The molecule has 0 aromatic heterocycles. The van der Waals surface area contributed by atoms with Gasteiger partial charge in [-0.1, -0.05) is 58.0 Å². The maximum atomic E-state index is 12.8. The first-order valence-corrected chi connectivity index (χ1v) is 10.5. The third-order valence-electron chi connectivity index (χ3n) is 5.60. The minimum absolute atomic E-state index is 0.0380. The van der Waals surface area contributed by atoms with Crippen LogP contribution in [-0.2, 0) is 4.79 Å². The molecule has 1 aliphatic rings. The molecule has 1 saturated heterocycles. The largest absolute Gasteiger partial charge is 0.506 e. The highest BCUT2D eigenvalue weighted by Crippen LogP contribution is 2.32. The molecule has 0 saturated carbocycles. The summed E-state index contributed by atoms with van der Waals surface area (Å²) >= 11 is 0. The Morgan fingerprint density at radius 2 is 1.52 bits per heavy atom. The zero-order valence-electron chi connectivity index (χ0n) is 18.0. The summed E-state index contributed by atoms with van der Waals surface area (Å²) in [6.45, 7) is 12.2. The molecule has 29 heavy (non-hydrogen) atoms. The van der Waals surface area contributed by atoms with Crippen molar-refractivity contribution >= 4 is 17.3 Å². The van der Waals surface area contributed by atoms with E-state index >= 15 is 0 Å². The minimum Gasteiger partial charge on any atom is -0.506 e. The predicted molar refractivity (Wildman–Crippen MR) is 120 cm³/mol. The Morgan fingerprint density at radius 1 is 0.931 bits per heavy atom. The summed E-state index contributed by atoms with van der Waals surface area (Å²) in [5.41, 5.74) is 4.22. The number of rotatable bonds is 6. The zero-order chi connectivity index (χ0) is 21.0. The Hall–Kier alpha value is -2.53. The fourth-order valence-electron chi connectivity index (χ4n) is 3.96. The van der Waals surface area contributed by atoms with Crippen molar-refractivity contribution in [3.8, 4) is 5.75 Å². The van der Waals surface area contributed by atoms with E-state index in [-0.39, 0.29) is 5.91 Å². The average molecular weight is 396 g/mol. The zero-order valence-corrected chi connectivity index (χ0v) is 18.0. The first kappa shape index (κ1) is 21.2. The molecule has 5 nitrogen and oxygen atoms in total. The molecule has 0 bridgehead atoms. The summed E-state index contributed by atoms with van der Waals surface area (Å²) in [6.07, 6.45) is 0. The molecule has 0 aliphatic carbocycles. The van der Waals surface area contributed by atoms with Crippen LogP contribution in [0.2, 0.25) is 0 Å². The summed E-state index contributed by atoms with van der Waals surface area (Å²) < 4.78 is 0. The fourth-order valence-corrected chi connectivity index (χ4v) is 3.96. The molecule has 5 heteroatoms. The van der Waals surface area contributed by atoms with Crippen LogP contribution >= 0.6 is 0 Å². The van der Waals surface area contributed by atoms with Gasteiger partial charge in [-0.05, 0) is 35.1 Å². The molecule has 1 heterocycles. The van der Waals surface area contributed by atoms with Gasteiger partial charge in [0, 0.05) is 31.9 Å². The molecule has 2 aromatic carbocycles. The fraction of sp³-hybridized carbons (Fsp3) is 0.458. The second kappa shape index (κ2) is 9.31. The minimum atomic E-state index is 0.0380. The number of aromatic hydroxyl groups is 1. The number of phenols is 1. The Balaban J connectivity index is 1.62. The highest BCUT2D eigenvalue weighted by atomic mass is 16.3. The number of nitrogens with zero attached hydrogens (tertiary/aromatic N) is 2. The molecule has 2 aromatic rings. The lowest BCUT2D eigenvalue weighted by atomic mass is 9.92. The van der Waals surface area contributed by atoms with Gasteiger partial charge in [-0.3, -0.25) is 9.69 Å². The summed E-state index contributed by atoms with van der Waals surface area (Å²) in [7, 11) is 0. The van der Waals surface area contributed by atoms with Crippen LogP contribution in [0.25, 0.3) is 0 Å². The van der Waals surface area contributed by atoms with Crippen LogP contribution in [0.1, 0.15) is 50.7 Å². The molecule has 3 rings (SSSR count). The van der Waals surface area contributed by atoms with E-state index in [9.17, 15) is 9.90 Å². The number of amides is 1. The molecule has 0 radical (unpaired) electrons. The normalized spacial score (nSPS) is 15.2. The van der Waals surface area contributed by atoms with Crippen LogP contribution in [-0.4, -0.2) is 48.6 Å². The molecule has 2 N–H and O–H groups in total. The first-order valence-electron chi connectivity index (χ1n) is 10.5. The Labute approximate surface area is 174 Å².